The predicted octanol–water partition coefficient (Wildman–Crippen LogP) is 1.69. The average Bonchev–Trinajstić information content (AvgIpc) is 3.07. The molecule has 0 saturated carbocycles. The molecule has 0 bridgehead atoms. The van der Waals surface area contributed by atoms with Gasteiger partial charge in [0.05, 0.1) is 17.6 Å². The number of ether oxygens (including phenoxy) is 1. The quantitative estimate of drug-likeness (QED) is 0.608. The molecule has 140 valence electrons. The molecule has 0 aliphatic rings. The van der Waals surface area contributed by atoms with Crippen molar-refractivity contribution in [3.8, 4) is 17.1 Å². The van der Waals surface area contributed by atoms with E-state index in [2.05, 4.69) is 20.5 Å². The predicted molar refractivity (Wildman–Crippen MR) is 98.9 cm³/mol. The Labute approximate surface area is 155 Å². The van der Waals surface area contributed by atoms with Gasteiger partial charge in [0.15, 0.2) is 5.82 Å². The molecule has 3 rings (SSSR count). The van der Waals surface area contributed by atoms with E-state index in [9.17, 15) is 13.2 Å². The number of H-pyrrole nitrogens is 1. The molecule has 0 aliphatic heterocycles. The number of carbonyl (C=O) groups is 1. The summed E-state index contributed by atoms with van der Waals surface area (Å²) in [5, 5.41) is 14.7. The number of aromatic nitrogens is 3. The van der Waals surface area contributed by atoms with E-state index in [4.69, 9.17) is 9.88 Å². The van der Waals surface area contributed by atoms with Gasteiger partial charge in [0, 0.05) is 11.3 Å². The zero-order valence-electron chi connectivity index (χ0n) is 14.6. The van der Waals surface area contributed by atoms with Crippen LogP contribution in [0.1, 0.15) is 16.2 Å². The molecule has 0 aliphatic carbocycles. The van der Waals surface area contributed by atoms with Crippen LogP contribution in [-0.4, -0.2) is 36.6 Å². The Morgan fingerprint density at radius 2 is 2.00 bits per heavy atom. The van der Waals surface area contributed by atoms with Crippen molar-refractivity contribution in [1.82, 2.24) is 15.2 Å². The standard InChI is InChI=1S/C17H17N5O4S/c1-10-19-16(22-21-10)11-4-3-5-12(8-11)20-17(23)14-9-13(27(18,24)25)6-7-15(14)26-2/h3-9H,1-2H3,(H,20,23)(H2,18,24,25)(H,19,21,22). The minimum absolute atomic E-state index is 0.0446. The number of amides is 1. The second-order valence-corrected chi connectivity index (χ2v) is 7.25. The van der Waals surface area contributed by atoms with Gasteiger partial charge in [-0.25, -0.2) is 18.5 Å². The van der Waals surface area contributed by atoms with E-state index in [0.717, 1.165) is 0 Å². The molecule has 3 aromatic rings. The lowest BCUT2D eigenvalue weighted by Crippen LogP contribution is -2.16. The van der Waals surface area contributed by atoms with Crippen molar-refractivity contribution in [2.75, 3.05) is 12.4 Å². The molecule has 9 nitrogen and oxygen atoms in total. The molecule has 10 heteroatoms. The fourth-order valence-corrected chi connectivity index (χ4v) is 2.99. The van der Waals surface area contributed by atoms with Crippen molar-refractivity contribution in [2.45, 2.75) is 11.8 Å². The first kappa shape index (κ1) is 18.5. The fourth-order valence-electron chi connectivity index (χ4n) is 2.45. The number of hydrogen-bond donors (Lipinski definition) is 3. The molecule has 0 atom stereocenters. The summed E-state index contributed by atoms with van der Waals surface area (Å²) < 4.78 is 28.3. The van der Waals surface area contributed by atoms with Gasteiger partial charge in [0.2, 0.25) is 10.0 Å². The lowest BCUT2D eigenvalue weighted by molar-refractivity contribution is 0.102. The molecule has 4 N–H and O–H groups in total. The number of primary sulfonamides is 1. The van der Waals surface area contributed by atoms with Gasteiger partial charge in [0.25, 0.3) is 5.91 Å². The van der Waals surface area contributed by atoms with Crippen molar-refractivity contribution in [3.63, 3.8) is 0 Å². The van der Waals surface area contributed by atoms with Crippen molar-refractivity contribution in [2.24, 2.45) is 5.14 Å². The Morgan fingerprint density at radius 3 is 2.63 bits per heavy atom. The number of rotatable bonds is 5. The van der Waals surface area contributed by atoms with Gasteiger partial charge in [0.1, 0.15) is 11.6 Å². The third-order valence-electron chi connectivity index (χ3n) is 3.72. The van der Waals surface area contributed by atoms with E-state index in [1.807, 2.05) is 0 Å². The number of hydrogen-bond acceptors (Lipinski definition) is 6. The Hall–Kier alpha value is -3.24. The molecule has 0 spiro atoms. The van der Waals surface area contributed by atoms with Crippen LogP contribution in [0.2, 0.25) is 0 Å². The van der Waals surface area contributed by atoms with Gasteiger partial charge in [-0.15, -0.1) is 0 Å². The minimum Gasteiger partial charge on any atom is -0.496 e. The van der Waals surface area contributed by atoms with Gasteiger partial charge >= 0.3 is 0 Å². The van der Waals surface area contributed by atoms with Crippen LogP contribution in [0.15, 0.2) is 47.4 Å². The highest BCUT2D eigenvalue weighted by molar-refractivity contribution is 7.89. The fraction of sp³-hybridized carbons (Fsp3) is 0.118. The van der Waals surface area contributed by atoms with Crippen molar-refractivity contribution in [1.29, 1.82) is 0 Å². The maximum absolute atomic E-state index is 12.7. The highest BCUT2D eigenvalue weighted by atomic mass is 32.2. The number of nitrogens with two attached hydrogens (primary N) is 1. The normalized spacial score (nSPS) is 11.2. The number of sulfonamides is 1. The van der Waals surface area contributed by atoms with E-state index < -0.39 is 15.9 Å². The second kappa shape index (κ2) is 7.17. The monoisotopic (exact) mass is 387 g/mol. The number of anilines is 1. The molecule has 1 aromatic heterocycles. The SMILES string of the molecule is COc1ccc(S(N)(=O)=O)cc1C(=O)Nc1cccc(-c2n[nH]c(C)n2)c1. The Balaban J connectivity index is 1.92. The highest BCUT2D eigenvalue weighted by Crippen LogP contribution is 2.24. The summed E-state index contributed by atoms with van der Waals surface area (Å²) >= 11 is 0. The summed E-state index contributed by atoms with van der Waals surface area (Å²) in [4.78, 5) is 16.7. The first-order chi connectivity index (χ1) is 12.8. The molecule has 0 saturated heterocycles. The Bertz CT molecular complexity index is 1110. The number of methoxy groups -OCH3 is 1. The van der Waals surface area contributed by atoms with E-state index >= 15 is 0 Å². The first-order valence-corrected chi connectivity index (χ1v) is 9.34. The van der Waals surface area contributed by atoms with Crippen LogP contribution in [0.5, 0.6) is 5.75 Å². The molecular formula is C17H17N5O4S. The maximum Gasteiger partial charge on any atom is 0.259 e. The van der Waals surface area contributed by atoms with Crippen LogP contribution in [0.4, 0.5) is 5.69 Å². The van der Waals surface area contributed by atoms with Gasteiger partial charge < -0.3 is 10.1 Å². The second-order valence-electron chi connectivity index (χ2n) is 5.69. The molecule has 0 radical (unpaired) electrons. The van der Waals surface area contributed by atoms with Crippen LogP contribution in [0.25, 0.3) is 11.4 Å². The lowest BCUT2D eigenvalue weighted by Gasteiger charge is -2.11. The van der Waals surface area contributed by atoms with Gasteiger partial charge in [-0.1, -0.05) is 12.1 Å². The summed E-state index contributed by atoms with van der Waals surface area (Å²) in [6.45, 7) is 1.78. The summed E-state index contributed by atoms with van der Waals surface area (Å²) in [6.07, 6.45) is 0. The van der Waals surface area contributed by atoms with Gasteiger partial charge in [-0.3, -0.25) is 9.89 Å². The van der Waals surface area contributed by atoms with Crippen LogP contribution in [-0.2, 0) is 10.0 Å². The van der Waals surface area contributed by atoms with Crippen molar-refractivity contribution in [3.05, 3.63) is 53.9 Å². The molecule has 2 aromatic carbocycles. The zero-order chi connectivity index (χ0) is 19.6. The lowest BCUT2D eigenvalue weighted by atomic mass is 10.1. The summed E-state index contributed by atoms with van der Waals surface area (Å²) in [5.74, 6) is 0.850. The third-order valence-corrected chi connectivity index (χ3v) is 4.63. The number of aromatic amines is 1. The van der Waals surface area contributed by atoms with Crippen LogP contribution in [0, 0.1) is 6.92 Å². The maximum atomic E-state index is 12.7. The minimum atomic E-state index is -3.95. The molecule has 0 fully saturated rings. The van der Waals surface area contributed by atoms with Crippen molar-refractivity contribution >= 4 is 21.6 Å². The largest absolute Gasteiger partial charge is 0.496 e. The molecule has 27 heavy (non-hydrogen) atoms. The van der Waals surface area contributed by atoms with E-state index in [1.165, 1.54) is 25.3 Å². The number of aryl methyl sites for hydroxylation is 1. The van der Waals surface area contributed by atoms with E-state index in [1.54, 1.807) is 31.2 Å². The molecule has 1 amide bonds. The van der Waals surface area contributed by atoms with E-state index in [0.29, 0.717) is 22.9 Å². The highest BCUT2D eigenvalue weighted by Gasteiger charge is 2.18. The van der Waals surface area contributed by atoms with Crippen LogP contribution < -0.4 is 15.2 Å². The third kappa shape index (κ3) is 4.13. The number of benzene rings is 2. The number of nitrogens with one attached hydrogen (secondary N) is 2. The summed E-state index contributed by atoms with van der Waals surface area (Å²) in [5.41, 5.74) is 1.24. The van der Waals surface area contributed by atoms with Gasteiger partial charge in [-0.05, 0) is 37.3 Å². The molecule has 1 heterocycles. The Morgan fingerprint density at radius 1 is 1.22 bits per heavy atom. The van der Waals surface area contributed by atoms with Crippen molar-refractivity contribution < 1.29 is 17.9 Å². The Kier molecular flexibility index (Phi) is 4.93. The zero-order valence-corrected chi connectivity index (χ0v) is 15.4. The summed E-state index contributed by atoms with van der Waals surface area (Å²) in [6, 6.07) is 10.8. The average molecular weight is 387 g/mol. The topological polar surface area (TPSA) is 140 Å². The molecule has 0 unspecified atom stereocenters. The van der Waals surface area contributed by atoms with Crippen LogP contribution >= 0.6 is 0 Å². The number of carbonyl (C=O) groups excluding carboxylic acids is 1. The molecular weight excluding hydrogens is 370 g/mol. The number of nitrogens with zero attached hydrogens (tertiary/aromatic N) is 2. The smallest absolute Gasteiger partial charge is 0.259 e. The van der Waals surface area contributed by atoms with E-state index in [-0.39, 0.29) is 16.2 Å². The summed E-state index contributed by atoms with van der Waals surface area (Å²) in [7, 11) is -2.57. The van der Waals surface area contributed by atoms with Gasteiger partial charge in [-0.2, -0.15) is 5.10 Å². The first-order valence-electron chi connectivity index (χ1n) is 7.79. The van der Waals surface area contributed by atoms with Crippen LogP contribution in [0.3, 0.4) is 0 Å².